The third-order valence-electron chi connectivity index (χ3n) is 5.01. The quantitative estimate of drug-likeness (QED) is 0.735. The molecule has 0 saturated heterocycles. The lowest BCUT2D eigenvalue weighted by atomic mass is 9.74. The van der Waals surface area contributed by atoms with Gasteiger partial charge in [0.2, 0.25) is 11.8 Å². The molecule has 0 saturated carbocycles. The first-order valence-corrected chi connectivity index (χ1v) is 8.85. The molecule has 5 nitrogen and oxygen atoms in total. The van der Waals surface area contributed by atoms with Crippen LogP contribution in [0.25, 0.3) is 22.6 Å². The third-order valence-corrected chi connectivity index (χ3v) is 5.01. The summed E-state index contributed by atoms with van der Waals surface area (Å²) >= 11 is 0. The summed E-state index contributed by atoms with van der Waals surface area (Å²) in [6, 6.07) is 7.69. The SMILES string of the molecule is CCCC1(CCC)C(=O)Nc2cc3oc(-c4ccncc4)nc3cc21. The fourth-order valence-corrected chi connectivity index (χ4v) is 3.93. The minimum absolute atomic E-state index is 0.105. The molecule has 0 unspecified atom stereocenters. The van der Waals surface area contributed by atoms with Gasteiger partial charge in [-0.1, -0.05) is 26.7 Å². The molecule has 0 bridgehead atoms. The van der Waals surface area contributed by atoms with Crippen LogP contribution in [0.4, 0.5) is 5.69 Å². The van der Waals surface area contributed by atoms with Crippen molar-refractivity contribution in [2.75, 3.05) is 5.32 Å². The maximum Gasteiger partial charge on any atom is 0.235 e. The van der Waals surface area contributed by atoms with Crippen molar-refractivity contribution in [3.05, 3.63) is 42.2 Å². The van der Waals surface area contributed by atoms with Crippen molar-refractivity contribution in [2.24, 2.45) is 0 Å². The van der Waals surface area contributed by atoms with Crippen molar-refractivity contribution in [3.63, 3.8) is 0 Å². The molecule has 2 aromatic heterocycles. The Kier molecular flexibility index (Phi) is 3.79. The van der Waals surface area contributed by atoms with Crippen LogP contribution < -0.4 is 5.32 Å². The number of amides is 1. The van der Waals surface area contributed by atoms with Crippen LogP contribution in [-0.4, -0.2) is 15.9 Å². The van der Waals surface area contributed by atoms with Gasteiger partial charge in [-0.2, -0.15) is 0 Å². The zero-order valence-corrected chi connectivity index (χ0v) is 14.5. The normalized spacial score (nSPS) is 15.4. The number of benzene rings is 1. The summed E-state index contributed by atoms with van der Waals surface area (Å²) < 4.78 is 5.91. The van der Waals surface area contributed by atoms with Crippen LogP contribution in [0.5, 0.6) is 0 Å². The second-order valence-electron chi connectivity index (χ2n) is 6.66. The van der Waals surface area contributed by atoms with Crippen molar-refractivity contribution in [1.29, 1.82) is 0 Å². The van der Waals surface area contributed by atoms with Crippen LogP contribution in [0.15, 0.2) is 41.1 Å². The molecule has 0 spiro atoms. The Morgan fingerprint density at radius 2 is 1.84 bits per heavy atom. The molecule has 3 aromatic rings. The van der Waals surface area contributed by atoms with Gasteiger partial charge in [-0.05, 0) is 36.6 Å². The number of hydrogen-bond acceptors (Lipinski definition) is 4. The van der Waals surface area contributed by atoms with Gasteiger partial charge in [0.15, 0.2) is 5.58 Å². The molecule has 0 fully saturated rings. The number of rotatable bonds is 5. The van der Waals surface area contributed by atoms with Crippen molar-refractivity contribution < 1.29 is 9.21 Å². The van der Waals surface area contributed by atoms with Crippen molar-refractivity contribution in [2.45, 2.75) is 44.9 Å². The number of carbonyl (C=O) groups excluding carboxylic acids is 1. The van der Waals surface area contributed by atoms with E-state index in [1.54, 1.807) is 12.4 Å². The Morgan fingerprint density at radius 1 is 1.12 bits per heavy atom. The summed E-state index contributed by atoms with van der Waals surface area (Å²) in [5, 5.41) is 3.06. The van der Waals surface area contributed by atoms with E-state index in [1.165, 1.54) is 0 Å². The van der Waals surface area contributed by atoms with Crippen molar-refractivity contribution >= 4 is 22.7 Å². The molecule has 128 valence electrons. The molecule has 0 aliphatic carbocycles. The zero-order chi connectivity index (χ0) is 17.4. The van der Waals surface area contributed by atoms with E-state index < -0.39 is 5.41 Å². The highest BCUT2D eigenvalue weighted by atomic mass is 16.3. The van der Waals surface area contributed by atoms with Gasteiger partial charge in [0.05, 0.1) is 5.41 Å². The van der Waals surface area contributed by atoms with Gasteiger partial charge in [-0.25, -0.2) is 4.98 Å². The molecule has 1 amide bonds. The summed E-state index contributed by atoms with van der Waals surface area (Å²) in [5.41, 5.74) is 3.85. The fraction of sp³-hybridized carbons (Fsp3) is 0.350. The molecular weight excluding hydrogens is 314 g/mol. The molecule has 1 N–H and O–H groups in total. The second-order valence-corrected chi connectivity index (χ2v) is 6.66. The predicted molar refractivity (Wildman–Crippen MR) is 97.4 cm³/mol. The molecular formula is C20H21N3O2. The minimum Gasteiger partial charge on any atom is -0.436 e. The molecule has 1 aliphatic heterocycles. The van der Waals surface area contributed by atoms with Crippen LogP contribution in [0.1, 0.15) is 45.1 Å². The topological polar surface area (TPSA) is 68.0 Å². The summed E-state index contributed by atoms with van der Waals surface area (Å²) in [4.78, 5) is 21.4. The Bertz CT molecular complexity index is 925. The lowest BCUT2D eigenvalue weighted by molar-refractivity contribution is -0.121. The molecule has 4 rings (SSSR count). The van der Waals surface area contributed by atoms with Gasteiger partial charge < -0.3 is 9.73 Å². The van der Waals surface area contributed by atoms with Crippen LogP contribution in [0.2, 0.25) is 0 Å². The first-order chi connectivity index (χ1) is 12.2. The number of fused-ring (bicyclic) bond motifs is 2. The number of oxazole rings is 1. The first kappa shape index (κ1) is 15.8. The molecule has 1 aromatic carbocycles. The molecule has 1 aliphatic rings. The van der Waals surface area contributed by atoms with Gasteiger partial charge in [0.25, 0.3) is 0 Å². The number of nitrogens with zero attached hydrogens (tertiary/aromatic N) is 2. The Labute approximate surface area is 146 Å². The molecule has 0 atom stereocenters. The van der Waals surface area contributed by atoms with Gasteiger partial charge in [-0.3, -0.25) is 9.78 Å². The zero-order valence-electron chi connectivity index (χ0n) is 14.5. The lowest BCUT2D eigenvalue weighted by Gasteiger charge is -2.26. The minimum atomic E-state index is -0.442. The van der Waals surface area contributed by atoms with Crippen molar-refractivity contribution in [3.8, 4) is 11.5 Å². The van der Waals surface area contributed by atoms with E-state index in [-0.39, 0.29) is 5.91 Å². The fourth-order valence-electron chi connectivity index (χ4n) is 3.93. The van der Waals surface area contributed by atoms with Gasteiger partial charge >= 0.3 is 0 Å². The van der Waals surface area contributed by atoms with E-state index in [4.69, 9.17) is 4.42 Å². The van der Waals surface area contributed by atoms with E-state index in [0.29, 0.717) is 11.5 Å². The Balaban J connectivity index is 1.85. The lowest BCUT2D eigenvalue weighted by Crippen LogP contribution is -2.34. The highest BCUT2D eigenvalue weighted by Gasteiger charge is 2.45. The number of hydrogen-bond donors (Lipinski definition) is 1. The predicted octanol–water partition coefficient (Wildman–Crippen LogP) is 4.68. The Morgan fingerprint density at radius 3 is 2.52 bits per heavy atom. The number of pyridine rings is 1. The van der Waals surface area contributed by atoms with E-state index >= 15 is 0 Å². The average molecular weight is 335 g/mol. The van der Waals surface area contributed by atoms with E-state index in [9.17, 15) is 4.79 Å². The van der Waals surface area contributed by atoms with Crippen LogP contribution in [-0.2, 0) is 10.2 Å². The molecule has 3 heterocycles. The average Bonchev–Trinajstić information content (AvgIpc) is 3.14. The highest BCUT2D eigenvalue weighted by Crippen LogP contribution is 2.46. The molecule has 5 heteroatoms. The number of nitrogens with one attached hydrogen (secondary N) is 1. The van der Waals surface area contributed by atoms with Gasteiger partial charge in [0.1, 0.15) is 5.52 Å². The monoisotopic (exact) mass is 335 g/mol. The Hall–Kier alpha value is -2.69. The number of aromatic nitrogens is 2. The summed E-state index contributed by atoms with van der Waals surface area (Å²) in [5.74, 6) is 0.678. The smallest absolute Gasteiger partial charge is 0.235 e. The maximum absolute atomic E-state index is 12.8. The molecule has 25 heavy (non-hydrogen) atoms. The van der Waals surface area contributed by atoms with E-state index in [2.05, 4.69) is 29.1 Å². The molecule has 0 radical (unpaired) electrons. The van der Waals surface area contributed by atoms with E-state index in [1.807, 2.05) is 24.3 Å². The van der Waals surface area contributed by atoms with Gasteiger partial charge in [0, 0.05) is 29.7 Å². The largest absolute Gasteiger partial charge is 0.436 e. The number of carbonyl (C=O) groups is 1. The maximum atomic E-state index is 12.8. The van der Waals surface area contributed by atoms with Crippen LogP contribution >= 0.6 is 0 Å². The summed E-state index contributed by atoms with van der Waals surface area (Å²) in [6.07, 6.45) is 7.06. The van der Waals surface area contributed by atoms with Gasteiger partial charge in [-0.15, -0.1) is 0 Å². The third kappa shape index (κ3) is 2.42. The standard InChI is InChI=1S/C20H21N3O2/c1-3-7-20(8-4-2)14-11-16-17(12-15(14)23-19(20)24)25-18(22-16)13-5-9-21-10-6-13/h5-6,9-12H,3-4,7-8H2,1-2H3,(H,23,24). The first-order valence-electron chi connectivity index (χ1n) is 8.85. The summed E-state index contributed by atoms with van der Waals surface area (Å²) in [6.45, 7) is 4.25. The van der Waals surface area contributed by atoms with Crippen molar-refractivity contribution in [1.82, 2.24) is 9.97 Å². The highest BCUT2D eigenvalue weighted by molar-refractivity contribution is 6.08. The number of anilines is 1. The van der Waals surface area contributed by atoms with Crippen LogP contribution in [0.3, 0.4) is 0 Å². The summed E-state index contributed by atoms with van der Waals surface area (Å²) in [7, 11) is 0. The van der Waals surface area contributed by atoms with Crippen LogP contribution in [0, 0.1) is 0 Å². The van der Waals surface area contributed by atoms with E-state index in [0.717, 1.165) is 48.0 Å². The second kappa shape index (κ2) is 5.99.